The SMILES string of the molecule is Cc1ccc(S(=O)(=O)n2c(Cc3ccc(C(=O)O)cc3)cc3cc(Cl)ccc32)cc1. The first-order valence-electron chi connectivity index (χ1n) is 9.20. The maximum Gasteiger partial charge on any atom is 0.335 e. The van der Waals surface area contributed by atoms with Gasteiger partial charge >= 0.3 is 5.97 Å². The van der Waals surface area contributed by atoms with Crippen LogP contribution in [0.25, 0.3) is 10.9 Å². The first-order chi connectivity index (χ1) is 14.3. The predicted molar refractivity (Wildman–Crippen MR) is 117 cm³/mol. The van der Waals surface area contributed by atoms with Crippen LogP contribution in [0.5, 0.6) is 0 Å². The number of aromatic nitrogens is 1. The van der Waals surface area contributed by atoms with Gasteiger partial charge in [-0.25, -0.2) is 17.2 Å². The summed E-state index contributed by atoms with van der Waals surface area (Å²) in [7, 11) is -3.84. The fraction of sp³-hybridized carbons (Fsp3) is 0.0870. The van der Waals surface area contributed by atoms with Crippen molar-refractivity contribution in [2.24, 2.45) is 0 Å². The van der Waals surface area contributed by atoms with Crippen molar-refractivity contribution in [2.75, 3.05) is 0 Å². The maximum atomic E-state index is 13.5. The molecular formula is C23H18ClNO4S. The van der Waals surface area contributed by atoms with E-state index in [9.17, 15) is 13.2 Å². The Morgan fingerprint density at radius 1 is 0.967 bits per heavy atom. The van der Waals surface area contributed by atoms with Crippen LogP contribution in [0.3, 0.4) is 0 Å². The highest BCUT2D eigenvalue weighted by Crippen LogP contribution is 2.29. The summed E-state index contributed by atoms with van der Waals surface area (Å²) in [5.74, 6) is -1.01. The van der Waals surface area contributed by atoms with Gasteiger partial charge in [0.2, 0.25) is 0 Å². The van der Waals surface area contributed by atoms with Crippen LogP contribution in [0.15, 0.2) is 77.7 Å². The molecule has 0 aliphatic heterocycles. The van der Waals surface area contributed by atoms with Gasteiger partial charge in [0.15, 0.2) is 0 Å². The minimum atomic E-state index is -3.84. The van der Waals surface area contributed by atoms with Crippen LogP contribution >= 0.6 is 11.6 Å². The molecule has 0 radical (unpaired) electrons. The third kappa shape index (κ3) is 3.72. The highest BCUT2D eigenvalue weighted by atomic mass is 35.5. The monoisotopic (exact) mass is 439 g/mol. The smallest absolute Gasteiger partial charge is 0.335 e. The van der Waals surface area contributed by atoms with E-state index in [0.717, 1.165) is 16.5 Å². The molecule has 0 atom stereocenters. The van der Waals surface area contributed by atoms with Crippen molar-refractivity contribution in [1.82, 2.24) is 3.97 Å². The number of hydrogen-bond donors (Lipinski definition) is 1. The molecule has 0 spiro atoms. The molecule has 0 unspecified atom stereocenters. The van der Waals surface area contributed by atoms with Crippen LogP contribution in [0.4, 0.5) is 0 Å². The first-order valence-corrected chi connectivity index (χ1v) is 11.0. The normalized spacial score (nSPS) is 11.7. The standard InChI is InChI=1S/C23H18ClNO4S/c1-15-2-9-21(10-3-15)30(28,29)25-20(14-18-13-19(24)8-11-22(18)25)12-16-4-6-17(7-5-16)23(26)27/h2-11,13-14H,12H2,1H3,(H,26,27). The second kappa shape index (κ2) is 7.63. The number of carbonyl (C=O) groups is 1. The van der Waals surface area contributed by atoms with Crippen LogP contribution in [-0.4, -0.2) is 23.5 Å². The Hall–Kier alpha value is -3.09. The lowest BCUT2D eigenvalue weighted by molar-refractivity contribution is 0.0697. The molecule has 0 saturated carbocycles. The van der Waals surface area contributed by atoms with Gasteiger partial charge < -0.3 is 5.11 Å². The maximum absolute atomic E-state index is 13.5. The molecule has 0 saturated heterocycles. The van der Waals surface area contributed by atoms with Crippen LogP contribution in [0.1, 0.15) is 27.2 Å². The van der Waals surface area contributed by atoms with Crippen LogP contribution in [0, 0.1) is 6.92 Å². The molecule has 0 aliphatic rings. The number of rotatable bonds is 5. The Kier molecular flexibility index (Phi) is 5.13. The lowest BCUT2D eigenvalue weighted by atomic mass is 10.1. The van der Waals surface area contributed by atoms with E-state index >= 15 is 0 Å². The molecule has 0 aliphatic carbocycles. The van der Waals surface area contributed by atoms with Gasteiger partial charge in [0.1, 0.15) is 0 Å². The van der Waals surface area contributed by atoms with Crippen LogP contribution in [0.2, 0.25) is 5.02 Å². The predicted octanol–water partition coefficient (Wildman–Crippen LogP) is 5.13. The molecule has 30 heavy (non-hydrogen) atoms. The van der Waals surface area contributed by atoms with Gasteiger partial charge in [0.25, 0.3) is 10.0 Å². The van der Waals surface area contributed by atoms with E-state index < -0.39 is 16.0 Å². The van der Waals surface area contributed by atoms with Crippen molar-refractivity contribution < 1.29 is 18.3 Å². The Labute approximate surface area is 179 Å². The van der Waals surface area contributed by atoms with E-state index in [1.165, 1.54) is 16.1 Å². The molecule has 0 amide bonds. The molecule has 4 aromatic rings. The largest absolute Gasteiger partial charge is 0.478 e. The van der Waals surface area contributed by atoms with Gasteiger partial charge in [0, 0.05) is 22.5 Å². The Balaban J connectivity index is 1.87. The summed E-state index contributed by atoms with van der Waals surface area (Å²) >= 11 is 6.12. The number of aromatic carboxylic acids is 1. The lowest BCUT2D eigenvalue weighted by Gasteiger charge is -2.13. The van der Waals surface area contributed by atoms with Crippen molar-refractivity contribution in [3.05, 3.63) is 100 Å². The van der Waals surface area contributed by atoms with E-state index in [-0.39, 0.29) is 10.5 Å². The number of nitrogens with zero attached hydrogens (tertiary/aromatic N) is 1. The topological polar surface area (TPSA) is 76.4 Å². The Bertz CT molecular complexity index is 1360. The second-order valence-corrected chi connectivity index (χ2v) is 9.32. The number of aryl methyl sites for hydroxylation is 1. The zero-order chi connectivity index (χ0) is 21.5. The van der Waals surface area contributed by atoms with E-state index in [4.69, 9.17) is 16.7 Å². The van der Waals surface area contributed by atoms with E-state index in [2.05, 4.69) is 0 Å². The average Bonchev–Trinajstić information content (AvgIpc) is 3.06. The summed E-state index contributed by atoms with van der Waals surface area (Å²) in [5.41, 5.74) is 3.05. The molecule has 0 bridgehead atoms. The molecule has 1 heterocycles. The minimum Gasteiger partial charge on any atom is -0.478 e. The lowest BCUT2D eigenvalue weighted by Crippen LogP contribution is -2.16. The van der Waals surface area contributed by atoms with Gasteiger partial charge in [-0.3, -0.25) is 0 Å². The molecule has 152 valence electrons. The molecule has 3 aromatic carbocycles. The van der Waals surface area contributed by atoms with Gasteiger partial charge in [-0.2, -0.15) is 0 Å². The van der Waals surface area contributed by atoms with Crippen LogP contribution < -0.4 is 0 Å². The van der Waals surface area contributed by atoms with Gasteiger partial charge in [0.05, 0.1) is 16.0 Å². The van der Waals surface area contributed by atoms with Crippen molar-refractivity contribution in [3.63, 3.8) is 0 Å². The van der Waals surface area contributed by atoms with E-state index in [1.807, 2.05) is 6.92 Å². The number of carboxylic acid groups (broad SMARTS) is 1. The van der Waals surface area contributed by atoms with E-state index in [0.29, 0.717) is 22.7 Å². The molecule has 0 fully saturated rings. The first kappa shape index (κ1) is 20.2. The second-order valence-electron chi connectivity index (χ2n) is 7.10. The number of hydrogen-bond acceptors (Lipinski definition) is 3. The summed E-state index contributed by atoms with van der Waals surface area (Å²) in [4.78, 5) is 11.3. The molecule has 1 aromatic heterocycles. The summed E-state index contributed by atoms with van der Waals surface area (Å²) in [5, 5.41) is 10.3. The van der Waals surface area contributed by atoms with Crippen molar-refractivity contribution in [2.45, 2.75) is 18.2 Å². The van der Waals surface area contributed by atoms with Gasteiger partial charge in [-0.05, 0) is 61.0 Å². The number of carboxylic acids is 1. The molecule has 5 nitrogen and oxygen atoms in total. The fourth-order valence-electron chi connectivity index (χ4n) is 3.42. The van der Waals surface area contributed by atoms with Gasteiger partial charge in [-0.1, -0.05) is 41.4 Å². The molecule has 4 rings (SSSR count). The molecule has 1 N–H and O–H groups in total. The zero-order valence-electron chi connectivity index (χ0n) is 16.0. The third-order valence-electron chi connectivity index (χ3n) is 4.94. The average molecular weight is 440 g/mol. The van der Waals surface area contributed by atoms with E-state index in [1.54, 1.807) is 60.7 Å². The van der Waals surface area contributed by atoms with Crippen molar-refractivity contribution >= 4 is 38.5 Å². The van der Waals surface area contributed by atoms with Gasteiger partial charge in [-0.15, -0.1) is 0 Å². The Morgan fingerprint density at radius 2 is 1.63 bits per heavy atom. The number of fused-ring (bicyclic) bond motifs is 1. The molecular weight excluding hydrogens is 422 g/mol. The summed E-state index contributed by atoms with van der Waals surface area (Å²) in [6.45, 7) is 1.90. The highest BCUT2D eigenvalue weighted by molar-refractivity contribution is 7.90. The Morgan fingerprint density at radius 3 is 2.27 bits per heavy atom. The fourth-order valence-corrected chi connectivity index (χ4v) is 5.14. The molecule has 7 heteroatoms. The summed E-state index contributed by atoms with van der Waals surface area (Å²) in [6, 6.07) is 20.0. The van der Waals surface area contributed by atoms with Crippen molar-refractivity contribution in [3.8, 4) is 0 Å². The summed E-state index contributed by atoms with van der Waals surface area (Å²) < 4.78 is 28.4. The number of benzene rings is 3. The third-order valence-corrected chi connectivity index (χ3v) is 6.95. The minimum absolute atomic E-state index is 0.179. The van der Waals surface area contributed by atoms with Crippen molar-refractivity contribution in [1.29, 1.82) is 0 Å². The number of halogens is 1. The summed E-state index contributed by atoms with van der Waals surface area (Å²) in [6.07, 6.45) is 0.317. The quantitative estimate of drug-likeness (QED) is 0.467. The van der Waals surface area contributed by atoms with Crippen LogP contribution in [-0.2, 0) is 16.4 Å². The zero-order valence-corrected chi connectivity index (χ0v) is 17.6. The highest BCUT2D eigenvalue weighted by Gasteiger charge is 2.23.